The Hall–Kier alpha value is -3.08. The summed E-state index contributed by atoms with van der Waals surface area (Å²) >= 11 is 0. The molecule has 10 nitrogen and oxygen atoms in total. The van der Waals surface area contributed by atoms with Crippen molar-refractivity contribution in [2.24, 2.45) is 11.5 Å². The first-order valence-electron chi connectivity index (χ1n) is 17.1. The SMILES string of the molecule is CCCCCCCCCCCCCCCCCC(=O)[O-].Cc1c(C(N)=O)ccc[n+]1CCO.Cc1c(C(N)=O)ccc[n+]1CCO.[Cl-]. The molecule has 0 radical (unpaired) electrons. The van der Waals surface area contributed by atoms with Gasteiger partial charge < -0.3 is 44.0 Å². The Labute approximate surface area is 289 Å². The second kappa shape index (κ2) is 30.3. The summed E-state index contributed by atoms with van der Waals surface area (Å²) in [4.78, 5) is 32.1. The Balaban J connectivity index is 0. The van der Waals surface area contributed by atoms with Gasteiger partial charge in [0.05, 0.1) is 0 Å². The van der Waals surface area contributed by atoms with Crippen LogP contribution in [0.1, 0.15) is 142 Å². The van der Waals surface area contributed by atoms with Crippen molar-refractivity contribution < 1.29 is 51.2 Å². The van der Waals surface area contributed by atoms with Crippen molar-refractivity contribution in [3.05, 3.63) is 59.2 Å². The van der Waals surface area contributed by atoms with Crippen LogP contribution in [0.25, 0.3) is 0 Å². The third kappa shape index (κ3) is 23.0. The molecule has 0 aromatic carbocycles. The molecule has 0 fully saturated rings. The lowest BCUT2D eigenvalue weighted by molar-refractivity contribution is -0.704. The van der Waals surface area contributed by atoms with Gasteiger partial charge in [-0.25, -0.2) is 0 Å². The van der Waals surface area contributed by atoms with Crippen LogP contribution >= 0.6 is 0 Å². The maximum Gasteiger partial charge on any atom is 0.255 e. The van der Waals surface area contributed by atoms with Crippen molar-refractivity contribution in [1.29, 1.82) is 0 Å². The number of unbranched alkanes of at least 4 members (excludes halogenated alkanes) is 14. The van der Waals surface area contributed by atoms with E-state index in [1.54, 1.807) is 59.6 Å². The fourth-order valence-corrected chi connectivity index (χ4v) is 5.12. The molecular formula is C36H61ClN4O6. The minimum atomic E-state index is -0.903. The van der Waals surface area contributed by atoms with Crippen LogP contribution in [0.15, 0.2) is 36.7 Å². The molecular weight excluding hydrogens is 620 g/mol. The number of nitrogens with two attached hydrogens (primary N) is 2. The molecule has 2 heterocycles. The topological polar surface area (TPSA) is 175 Å². The van der Waals surface area contributed by atoms with E-state index in [0.29, 0.717) is 24.2 Å². The number of hydrogen-bond donors (Lipinski definition) is 4. The summed E-state index contributed by atoms with van der Waals surface area (Å²) in [6, 6.07) is 6.82. The van der Waals surface area contributed by atoms with Crippen LogP contribution < -0.4 is 38.1 Å². The van der Waals surface area contributed by atoms with Gasteiger partial charge in [-0.3, -0.25) is 9.59 Å². The molecule has 0 unspecified atom stereocenters. The van der Waals surface area contributed by atoms with Gasteiger partial charge in [-0.2, -0.15) is 9.13 Å². The van der Waals surface area contributed by atoms with E-state index in [9.17, 15) is 19.5 Å². The number of halogens is 1. The summed E-state index contributed by atoms with van der Waals surface area (Å²) in [5.41, 5.74) is 12.9. The second-order valence-corrected chi connectivity index (χ2v) is 11.6. The number of amides is 2. The van der Waals surface area contributed by atoms with E-state index in [2.05, 4.69) is 6.92 Å². The zero-order chi connectivity index (χ0) is 34.6. The highest BCUT2D eigenvalue weighted by atomic mass is 35.5. The Morgan fingerprint density at radius 1 is 0.638 bits per heavy atom. The standard InChI is InChI=1S/C18H36O2.2C9H12N2O2.ClH/c1-2-3-4-5-6-7-8-9-10-11-12-13-14-15-16-17-18(19)20;2*1-7-8(9(10)13)3-2-4-11(7)5-6-12;/h2-17H2,1H3,(H,19,20);2*2-4,12H,5-6H2,1H3,(H-,10,13);1H. The van der Waals surface area contributed by atoms with E-state index in [4.69, 9.17) is 21.7 Å². The summed E-state index contributed by atoms with van der Waals surface area (Å²) in [7, 11) is 0. The molecule has 268 valence electrons. The normalized spacial score (nSPS) is 10.1. The molecule has 0 aliphatic rings. The number of aromatic nitrogens is 2. The van der Waals surface area contributed by atoms with Crippen LogP contribution in [0.4, 0.5) is 0 Å². The van der Waals surface area contributed by atoms with E-state index in [-0.39, 0.29) is 32.0 Å². The van der Waals surface area contributed by atoms with Gasteiger partial charge in [-0.05, 0) is 25.0 Å². The third-order valence-electron chi connectivity index (χ3n) is 7.90. The molecule has 2 aromatic rings. The fourth-order valence-electron chi connectivity index (χ4n) is 5.12. The number of aliphatic hydroxyl groups is 2. The monoisotopic (exact) mass is 680 g/mol. The number of carbonyl (C=O) groups is 3. The molecule has 2 amide bonds. The van der Waals surface area contributed by atoms with Crippen LogP contribution in [0.3, 0.4) is 0 Å². The number of carboxylic acids is 1. The molecule has 0 atom stereocenters. The maximum atomic E-state index is 10.9. The van der Waals surface area contributed by atoms with Gasteiger partial charge in [0.2, 0.25) is 0 Å². The minimum Gasteiger partial charge on any atom is -1.00 e. The fraction of sp³-hybridized carbons (Fsp3) is 0.639. The van der Waals surface area contributed by atoms with Crippen molar-refractivity contribution >= 4 is 17.8 Å². The summed E-state index contributed by atoms with van der Waals surface area (Å²) in [6.07, 6.45) is 23.5. The number of carbonyl (C=O) groups excluding carboxylic acids is 3. The Morgan fingerprint density at radius 3 is 1.23 bits per heavy atom. The summed E-state index contributed by atoms with van der Waals surface area (Å²) in [5.74, 6) is -1.78. The first-order chi connectivity index (χ1) is 22.1. The second-order valence-electron chi connectivity index (χ2n) is 11.6. The molecule has 2 aromatic heterocycles. The van der Waals surface area contributed by atoms with Gasteiger partial charge in [0.25, 0.3) is 11.8 Å². The number of rotatable bonds is 22. The Morgan fingerprint density at radius 2 is 0.957 bits per heavy atom. The Bertz CT molecular complexity index is 1070. The van der Waals surface area contributed by atoms with Crippen LogP contribution in [0, 0.1) is 13.8 Å². The summed E-state index contributed by atoms with van der Waals surface area (Å²) in [6.45, 7) is 6.93. The van der Waals surface area contributed by atoms with E-state index in [1.165, 1.54) is 83.5 Å². The number of pyridine rings is 2. The van der Waals surface area contributed by atoms with Gasteiger partial charge in [0, 0.05) is 31.9 Å². The quantitative estimate of drug-likeness (QED) is 0.105. The lowest BCUT2D eigenvalue weighted by Gasteiger charge is -2.04. The van der Waals surface area contributed by atoms with E-state index < -0.39 is 17.8 Å². The van der Waals surface area contributed by atoms with Crippen molar-refractivity contribution in [3.63, 3.8) is 0 Å². The molecule has 0 bridgehead atoms. The zero-order valence-corrected chi connectivity index (χ0v) is 29.8. The predicted octanol–water partition coefficient (Wildman–Crippen LogP) is 0.749. The largest absolute Gasteiger partial charge is 1.00 e. The smallest absolute Gasteiger partial charge is 0.255 e. The van der Waals surface area contributed by atoms with Gasteiger partial charge in [-0.1, -0.05) is 96.8 Å². The number of nitrogens with zero attached hydrogens (tertiary/aromatic N) is 2. The zero-order valence-electron chi connectivity index (χ0n) is 29.1. The third-order valence-corrected chi connectivity index (χ3v) is 7.90. The maximum absolute atomic E-state index is 10.9. The molecule has 0 aliphatic heterocycles. The number of primary amides is 2. The molecule has 6 N–H and O–H groups in total. The number of hydrogen-bond acceptors (Lipinski definition) is 6. The highest BCUT2D eigenvalue weighted by Crippen LogP contribution is 2.13. The van der Waals surface area contributed by atoms with E-state index in [1.807, 2.05) is 0 Å². The first-order valence-corrected chi connectivity index (χ1v) is 17.1. The summed E-state index contributed by atoms with van der Waals surface area (Å²) < 4.78 is 3.58. The van der Waals surface area contributed by atoms with E-state index in [0.717, 1.165) is 24.2 Å². The average Bonchev–Trinajstić information content (AvgIpc) is 3.01. The molecule has 2 rings (SSSR count). The van der Waals surface area contributed by atoms with Crippen LogP contribution in [-0.4, -0.2) is 41.2 Å². The van der Waals surface area contributed by atoms with Crippen LogP contribution in [-0.2, 0) is 17.9 Å². The first kappa shape index (κ1) is 46.0. The lowest BCUT2D eigenvalue weighted by Crippen LogP contribution is -3.00. The van der Waals surface area contributed by atoms with Gasteiger partial charge >= 0.3 is 0 Å². The Kier molecular flexibility index (Phi) is 29.6. The van der Waals surface area contributed by atoms with Gasteiger partial charge in [0.15, 0.2) is 36.9 Å². The number of carboxylic acid groups (broad SMARTS) is 1. The van der Waals surface area contributed by atoms with Crippen molar-refractivity contribution in [2.75, 3.05) is 13.2 Å². The van der Waals surface area contributed by atoms with Gasteiger partial charge in [-0.15, -0.1) is 0 Å². The minimum absolute atomic E-state index is 0. The van der Waals surface area contributed by atoms with Gasteiger partial charge in [0.1, 0.15) is 24.3 Å². The summed E-state index contributed by atoms with van der Waals surface area (Å²) in [5, 5.41) is 27.7. The molecule has 0 spiro atoms. The molecule has 11 heteroatoms. The lowest BCUT2D eigenvalue weighted by atomic mass is 10.0. The predicted molar refractivity (Wildman–Crippen MR) is 179 cm³/mol. The van der Waals surface area contributed by atoms with E-state index >= 15 is 0 Å². The molecule has 0 saturated carbocycles. The van der Waals surface area contributed by atoms with Crippen molar-refractivity contribution in [3.8, 4) is 0 Å². The highest BCUT2D eigenvalue weighted by Gasteiger charge is 2.15. The van der Waals surface area contributed by atoms with Crippen molar-refractivity contribution in [2.45, 2.75) is 137 Å². The molecule has 47 heavy (non-hydrogen) atoms. The number of aliphatic carboxylic acids is 1. The van der Waals surface area contributed by atoms with Crippen LogP contribution in [0.5, 0.6) is 0 Å². The highest BCUT2D eigenvalue weighted by molar-refractivity contribution is 5.93. The van der Waals surface area contributed by atoms with Crippen molar-refractivity contribution in [1.82, 2.24) is 0 Å². The molecule has 0 aliphatic carbocycles. The average molecular weight is 681 g/mol. The molecule has 0 saturated heterocycles. The number of aliphatic hydroxyl groups excluding tert-OH is 2. The van der Waals surface area contributed by atoms with Crippen LogP contribution in [0.2, 0.25) is 0 Å².